The van der Waals surface area contributed by atoms with Crippen LogP contribution >= 0.6 is 22.9 Å². The van der Waals surface area contributed by atoms with Crippen molar-refractivity contribution in [2.45, 2.75) is 6.42 Å². The maximum absolute atomic E-state index is 13.5. The van der Waals surface area contributed by atoms with E-state index >= 15 is 0 Å². The van der Waals surface area contributed by atoms with Crippen LogP contribution in [-0.2, 0) is 4.79 Å². The molecular formula is C23H21ClF2N4O2S. The zero-order valence-corrected chi connectivity index (χ0v) is 19.1. The van der Waals surface area contributed by atoms with Gasteiger partial charge in [-0.1, -0.05) is 17.7 Å². The number of hydrogen-bond donors (Lipinski definition) is 1. The van der Waals surface area contributed by atoms with E-state index in [1.165, 1.54) is 17.4 Å². The van der Waals surface area contributed by atoms with E-state index < -0.39 is 11.6 Å². The summed E-state index contributed by atoms with van der Waals surface area (Å²) in [5.41, 5.74) is 1.44. The van der Waals surface area contributed by atoms with Crippen LogP contribution in [0.1, 0.15) is 16.8 Å². The molecule has 1 saturated heterocycles. The Hall–Kier alpha value is -2.88. The molecule has 3 aromatic rings. The molecule has 172 valence electrons. The molecule has 1 aromatic heterocycles. The van der Waals surface area contributed by atoms with Gasteiger partial charge in [-0.15, -0.1) is 11.3 Å². The van der Waals surface area contributed by atoms with E-state index in [9.17, 15) is 18.4 Å². The van der Waals surface area contributed by atoms with E-state index in [4.69, 9.17) is 11.6 Å². The molecule has 0 unspecified atom stereocenters. The molecule has 2 aromatic carbocycles. The largest absolute Gasteiger partial charge is 0.337 e. The third-order valence-electron chi connectivity index (χ3n) is 5.28. The van der Waals surface area contributed by atoms with Gasteiger partial charge >= 0.3 is 0 Å². The average Bonchev–Trinajstić information content (AvgIpc) is 3.13. The number of anilines is 1. The highest BCUT2D eigenvalue weighted by atomic mass is 35.5. The van der Waals surface area contributed by atoms with Gasteiger partial charge < -0.3 is 10.2 Å². The van der Waals surface area contributed by atoms with Gasteiger partial charge in [0.05, 0.1) is 12.2 Å². The molecule has 0 saturated carbocycles. The molecule has 0 aliphatic carbocycles. The highest BCUT2D eigenvalue weighted by Gasteiger charge is 2.22. The molecule has 1 fully saturated rings. The summed E-state index contributed by atoms with van der Waals surface area (Å²) in [4.78, 5) is 33.3. The summed E-state index contributed by atoms with van der Waals surface area (Å²) >= 11 is 7.21. The minimum absolute atomic E-state index is 0.0728. The molecular weight excluding hydrogens is 470 g/mol. The standard InChI is InChI=1S/C23H21ClF2N4O2S/c24-17-4-1-3-16(11-17)22(32)30-8-2-7-29(9-10-30)13-21(31)28-23-27-20(14-33-23)15-5-6-18(25)19(26)12-15/h1,3-6,11-12,14H,2,7-10,13H2,(H,27,28,31). The second-order valence-electron chi connectivity index (χ2n) is 7.65. The van der Waals surface area contributed by atoms with Crippen LogP contribution in [0.5, 0.6) is 0 Å². The minimum Gasteiger partial charge on any atom is -0.337 e. The molecule has 6 nitrogen and oxygen atoms in total. The molecule has 2 amide bonds. The first-order valence-electron chi connectivity index (χ1n) is 10.4. The number of halogens is 3. The van der Waals surface area contributed by atoms with E-state index in [-0.39, 0.29) is 18.4 Å². The molecule has 0 spiro atoms. The van der Waals surface area contributed by atoms with Crippen LogP contribution in [0.3, 0.4) is 0 Å². The third-order valence-corrected chi connectivity index (χ3v) is 6.27. The average molecular weight is 491 g/mol. The smallest absolute Gasteiger partial charge is 0.253 e. The van der Waals surface area contributed by atoms with Gasteiger partial charge in [-0.2, -0.15) is 0 Å². The van der Waals surface area contributed by atoms with Crippen molar-refractivity contribution < 1.29 is 18.4 Å². The molecule has 0 atom stereocenters. The molecule has 0 bridgehead atoms. The Morgan fingerprint density at radius 3 is 2.70 bits per heavy atom. The second kappa shape index (κ2) is 10.4. The SMILES string of the molecule is O=C(CN1CCCN(C(=O)c2cccc(Cl)c2)CC1)Nc1nc(-c2ccc(F)c(F)c2)cs1. The molecule has 1 aliphatic heterocycles. The Morgan fingerprint density at radius 1 is 1.06 bits per heavy atom. The van der Waals surface area contributed by atoms with Crippen molar-refractivity contribution in [1.82, 2.24) is 14.8 Å². The normalized spacial score (nSPS) is 14.7. The number of thiazole rings is 1. The van der Waals surface area contributed by atoms with Gasteiger partial charge in [-0.25, -0.2) is 13.8 Å². The van der Waals surface area contributed by atoms with Crippen LogP contribution in [0.25, 0.3) is 11.3 Å². The lowest BCUT2D eigenvalue weighted by Gasteiger charge is -2.21. The van der Waals surface area contributed by atoms with Gasteiger partial charge in [0.1, 0.15) is 0 Å². The fourth-order valence-electron chi connectivity index (χ4n) is 3.62. The van der Waals surface area contributed by atoms with Crippen molar-refractivity contribution in [3.8, 4) is 11.3 Å². The Bertz CT molecular complexity index is 1170. The molecule has 2 heterocycles. The van der Waals surface area contributed by atoms with Gasteiger partial charge in [0.15, 0.2) is 16.8 Å². The summed E-state index contributed by atoms with van der Waals surface area (Å²) in [6.45, 7) is 2.53. The summed E-state index contributed by atoms with van der Waals surface area (Å²) in [6.07, 6.45) is 0.747. The van der Waals surface area contributed by atoms with Crippen molar-refractivity contribution >= 4 is 39.9 Å². The van der Waals surface area contributed by atoms with Gasteiger partial charge in [-0.3, -0.25) is 14.5 Å². The summed E-state index contributed by atoms with van der Waals surface area (Å²) < 4.78 is 26.6. The number of nitrogens with zero attached hydrogens (tertiary/aromatic N) is 3. The molecule has 10 heteroatoms. The first kappa shape index (κ1) is 23.3. The number of amides is 2. The minimum atomic E-state index is -0.949. The maximum atomic E-state index is 13.5. The number of carbonyl (C=O) groups excluding carboxylic acids is 2. The van der Waals surface area contributed by atoms with E-state index in [0.29, 0.717) is 53.2 Å². The van der Waals surface area contributed by atoms with Crippen LogP contribution in [0.4, 0.5) is 13.9 Å². The molecule has 0 radical (unpaired) electrons. The molecule has 1 N–H and O–H groups in total. The number of nitrogens with one attached hydrogen (secondary N) is 1. The predicted octanol–water partition coefficient (Wildman–Crippen LogP) is 4.53. The lowest BCUT2D eigenvalue weighted by atomic mass is 10.2. The summed E-state index contributed by atoms with van der Waals surface area (Å²) in [6, 6.07) is 10.4. The van der Waals surface area contributed by atoms with Crippen molar-refractivity contribution in [2.75, 3.05) is 38.0 Å². The zero-order valence-electron chi connectivity index (χ0n) is 17.6. The first-order chi connectivity index (χ1) is 15.9. The van der Waals surface area contributed by atoms with Crippen molar-refractivity contribution in [3.05, 3.63) is 70.1 Å². The molecule has 4 rings (SSSR count). The monoisotopic (exact) mass is 490 g/mol. The number of aromatic nitrogens is 1. The quantitative estimate of drug-likeness (QED) is 0.570. The van der Waals surface area contributed by atoms with Crippen molar-refractivity contribution in [2.24, 2.45) is 0 Å². The molecule has 33 heavy (non-hydrogen) atoms. The highest BCUT2D eigenvalue weighted by molar-refractivity contribution is 7.14. The zero-order chi connectivity index (χ0) is 23.4. The van der Waals surface area contributed by atoms with Crippen molar-refractivity contribution in [1.29, 1.82) is 0 Å². The van der Waals surface area contributed by atoms with Gasteiger partial charge in [0, 0.05) is 47.7 Å². The lowest BCUT2D eigenvalue weighted by Crippen LogP contribution is -2.38. The number of carbonyl (C=O) groups is 2. The lowest BCUT2D eigenvalue weighted by molar-refractivity contribution is -0.117. The number of hydrogen-bond acceptors (Lipinski definition) is 5. The second-order valence-corrected chi connectivity index (χ2v) is 8.94. The van der Waals surface area contributed by atoms with Crippen LogP contribution in [0.15, 0.2) is 47.8 Å². The van der Waals surface area contributed by atoms with Crippen LogP contribution in [-0.4, -0.2) is 59.3 Å². The number of rotatable bonds is 5. The van der Waals surface area contributed by atoms with Crippen LogP contribution < -0.4 is 5.32 Å². The van der Waals surface area contributed by atoms with Crippen molar-refractivity contribution in [3.63, 3.8) is 0 Å². The summed E-state index contributed by atoms with van der Waals surface area (Å²) in [7, 11) is 0. The molecule has 1 aliphatic rings. The maximum Gasteiger partial charge on any atom is 0.253 e. The van der Waals surface area contributed by atoms with E-state index in [1.807, 2.05) is 4.90 Å². The van der Waals surface area contributed by atoms with Crippen LogP contribution in [0.2, 0.25) is 5.02 Å². The fraction of sp³-hybridized carbons (Fsp3) is 0.261. The fourth-order valence-corrected chi connectivity index (χ4v) is 4.54. The Labute approximate surface area is 198 Å². The van der Waals surface area contributed by atoms with E-state index in [1.54, 1.807) is 34.5 Å². The number of benzene rings is 2. The topological polar surface area (TPSA) is 65.5 Å². The summed E-state index contributed by atoms with van der Waals surface area (Å²) in [5.74, 6) is -2.17. The first-order valence-corrected chi connectivity index (χ1v) is 11.6. The Balaban J connectivity index is 1.31. The van der Waals surface area contributed by atoms with Crippen LogP contribution in [0, 0.1) is 11.6 Å². The van der Waals surface area contributed by atoms with Gasteiger partial charge in [0.2, 0.25) is 5.91 Å². The van der Waals surface area contributed by atoms with Gasteiger partial charge in [-0.05, 0) is 42.8 Å². The van der Waals surface area contributed by atoms with E-state index in [2.05, 4.69) is 10.3 Å². The Morgan fingerprint density at radius 2 is 1.91 bits per heavy atom. The predicted molar refractivity (Wildman–Crippen MR) is 125 cm³/mol. The third kappa shape index (κ3) is 5.93. The van der Waals surface area contributed by atoms with Gasteiger partial charge in [0.25, 0.3) is 5.91 Å². The Kier molecular flexibility index (Phi) is 7.32. The highest BCUT2D eigenvalue weighted by Crippen LogP contribution is 2.26. The summed E-state index contributed by atoms with van der Waals surface area (Å²) in [5, 5.41) is 5.33. The van der Waals surface area contributed by atoms with E-state index in [0.717, 1.165) is 18.6 Å².